The third-order valence-corrected chi connectivity index (χ3v) is 6.59. The molecular formula is C26H22N4O6S. The van der Waals surface area contributed by atoms with Gasteiger partial charge in [0.05, 0.1) is 30.6 Å². The van der Waals surface area contributed by atoms with E-state index in [1.165, 1.54) is 31.8 Å². The lowest BCUT2D eigenvalue weighted by atomic mass is 10.2. The molecule has 5 rings (SSSR count). The molecule has 0 atom stereocenters. The van der Waals surface area contributed by atoms with Gasteiger partial charge >= 0.3 is 12.0 Å². The van der Waals surface area contributed by atoms with Crippen molar-refractivity contribution in [3.05, 3.63) is 78.1 Å². The Kier molecular flexibility index (Phi) is 6.52. The molecule has 5 aromatic rings. The van der Waals surface area contributed by atoms with Crippen molar-refractivity contribution in [2.24, 2.45) is 0 Å². The van der Waals surface area contributed by atoms with Crippen LogP contribution in [0.2, 0.25) is 0 Å². The molecule has 2 amide bonds. The van der Waals surface area contributed by atoms with Crippen LogP contribution in [0.4, 0.5) is 10.5 Å². The first kappa shape index (κ1) is 23.9. The number of carboxylic acid groups (broad SMARTS) is 1. The van der Waals surface area contributed by atoms with Crippen molar-refractivity contribution in [1.29, 1.82) is 0 Å². The number of aromatic nitrogens is 2. The molecule has 0 spiro atoms. The molecule has 0 saturated carbocycles. The Hall–Kier alpha value is -4.77. The smallest absolute Gasteiger partial charge is 0.354 e. The second kappa shape index (κ2) is 10.1. The van der Waals surface area contributed by atoms with Gasteiger partial charge in [-0.05, 0) is 18.2 Å². The largest absolute Gasteiger partial charge is 0.497 e. The number of fused-ring (bicyclic) bond motifs is 3. The van der Waals surface area contributed by atoms with Crippen molar-refractivity contribution in [2.45, 2.75) is 6.54 Å². The average molecular weight is 519 g/mol. The van der Waals surface area contributed by atoms with Gasteiger partial charge in [0.25, 0.3) is 0 Å². The second-order valence-electron chi connectivity index (χ2n) is 7.92. The zero-order chi connectivity index (χ0) is 25.9. The van der Waals surface area contributed by atoms with E-state index in [9.17, 15) is 14.7 Å². The van der Waals surface area contributed by atoms with Crippen molar-refractivity contribution in [3.63, 3.8) is 0 Å². The molecule has 0 radical (unpaired) electrons. The van der Waals surface area contributed by atoms with Gasteiger partial charge in [0.2, 0.25) is 0 Å². The number of nitrogens with one attached hydrogen (secondary N) is 2. The van der Waals surface area contributed by atoms with Gasteiger partial charge in [-0.25, -0.2) is 14.6 Å². The van der Waals surface area contributed by atoms with Crippen molar-refractivity contribution in [3.8, 4) is 23.0 Å². The number of thiazole rings is 1. The molecule has 3 aromatic carbocycles. The summed E-state index contributed by atoms with van der Waals surface area (Å²) in [6.07, 6.45) is 1.35. The number of imidazole rings is 1. The quantitative estimate of drug-likeness (QED) is 0.252. The fraction of sp³-hybridized carbons (Fsp3) is 0.115. The molecule has 188 valence electrons. The number of ether oxygens (including phenoxy) is 3. The standard InChI is InChI=1S/C26H22N4O6S/c1-34-18-9-16(10-19(11-18)35-2)29-25(33)27-13-15-5-3-4-6-22(15)36-17-7-8-20-23(12-17)37-26-28-14-21(24(31)32)30(20)26/h3-12,14H,13H2,1-2H3,(H,31,32)(H2,27,29,33). The summed E-state index contributed by atoms with van der Waals surface area (Å²) in [6.45, 7) is 0.222. The van der Waals surface area contributed by atoms with E-state index in [4.69, 9.17) is 14.2 Å². The number of urea groups is 1. The Labute approximate surface area is 215 Å². The molecule has 11 heteroatoms. The minimum atomic E-state index is -1.04. The number of carboxylic acids is 1. The molecule has 0 aliphatic heterocycles. The van der Waals surface area contributed by atoms with E-state index in [2.05, 4.69) is 15.6 Å². The summed E-state index contributed by atoms with van der Waals surface area (Å²) in [5, 5.41) is 15.0. The van der Waals surface area contributed by atoms with Gasteiger partial charge < -0.3 is 30.0 Å². The molecule has 2 heterocycles. The van der Waals surface area contributed by atoms with Gasteiger partial charge in [-0.2, -0.15) is 0 Å². The fourth-order valence-corrected chi connectivity index (χ4v) is 4.85. The van der Waals surface area contributed by atoms with Crippen LogP contribution in [0.15, 0.2) is 66.9 Å². The highest BCUT2D eigenvalue weighted by atomic mass is 32.1. The predicted molar refractivity (Wildman–Crippen MR) is 139 cm³/mol. The molecule has 0 aliphatic carbocycles. The predicted octanol–water partition coefficient (Wildman–Crippen LogP) is 5.38. The lowest BCUT2D eigenvalue weighted by Gasteiger charge is -2.13. The average Bonchev–Trinajstić information content (AvgIpc) is 3.47. The van der Waals surface area contributed by atoms with Crippen LogP contribution in [0.1, 0.15) is 16.1 Å². The van der Waals surface area contributed by atoms with Crippen LogP contribution in [-0.4, -0.2) is 40.7 Å². The van der Waals surface area contributed by atoms with E-state index in [1.54, 1.807) is 34.7 Å². The van der Waals surface area contributed by atoms with Crippen LogP contribution >= 0.6 is 11.3 Å². The number of benzene rings is 3. The fourth-order valence-electron chi connectivity index (χ4n) is 3.82. The number of nitrogens with zero attached hydrogens (tertiary/aromatic N) is 2. The van der Waals surface area contributed by atoms with Crippen molar-refractivity contribution in [1.82, 2.24) is 14.7 Å². The summed E-state index contributed by atoms with van der Waals surface area (Å²) >= 11 is 1.37. The number of aromatic carboxylic acids is 1. The van der Waals surface area contributed by atoms with Crippen LogP contribution in [0.3, 0.4) is 0 Å². The Bertz CT molecular complexity index is 1600. The summed E-state index contributed by atoms with van der Waals surface area (Å²) in [5.74, 6) is 1.24. The van der Waals surface area contributed by atoms with Gasteiger partial charge in [-0.1, -0.05) is 29.5 Å². The number of anilines is 1. The molecular weight excluding hydrogens is 496 g/mol. The highest BCUT2D eigenvalue weighted by Crippen LogP contribution is 2.33. The van der Waals surface area contributed by atoms with Crippen molar-refractivity contribution >= 4 is 44.2 Å². The summed E-state index contributed by atoms with van der Waals surface area (Å²) in [7, 11) is 3.08. The normalized spacial score (nSPS) is 10.9. The van der Waals surface area contributed by atoms with Crippen LogP contribution in [0, 0.1) is 0 Å². The third kappa shape index (κ3) is 4.98. The first-order valence-electron chi connectivity index (χ1n) is 11.1. The molecule has 37 heavy (non-hydrogen) atoms. The SMILES string of the molecule is COc1cc(NC(=O)NCc2ccccc2Oc2ccc3c(c2)sc2ncc(C(=O)O)n23)cc(OC)c1. The minimum Gasteiger partial charge on any atom is -0.497 e. The summed E-state index contributed by atoms with van der Waals surface area (Å²) in [5.41, 5.74) is 2.15. The van der Waals surface area contributed by atoms with Crippen molar-refractivity contribution < 1.29 is 28.9 Å². The molecule has 0 unspecified atom stereocenters. The Balaban J connectivity index is 1.30. The van der Waals surface area contributed by atoms with Gasteiger partial charge in [-0.15, -0.1) is 0 Å². The number of amides is 2. The van der Waals surface area contributed by atoms with E-state index < -0.39 is 12.0 Å². The Morgan fingerprint density at radius 2 is 1.76 bits per heavy atom. The number of hydrogen-bond donors (Lipinski definition) is 3. The third-order valence-electron chi connectivity index (χ3n) is 5.57. The number of methoxy groups -OCH3 is 2. The molecule has 0 fully saturated rings. The highest BCUT2D eigenvalue weighted by Gasteiger charge is 2.16. The monoisotopic (exact) mass is 518 g/mol. The first-order chi connectivity index (χ1) is 17.9. The molecule has 2 aromatic heterocycles. The van der Waals surface area contributed by atoms with Crippen LogP contribution < -0.4 is 24.8 Å². The van der Waals surface area contributed by atoms with E-state index in [1.807, 2.05) is 30.3 Å². The van der Waals surface area contributed by atoms with E-state index in [-0.39, 0.29) is 12.2 Å². The number of carbonyl (C=O) groups is 2. The second-order valence-corrected chi connectivity index (χ2v) is 8.93. The molecule has 0 aliphatic rings. The number of carbonyl (C=O) groups excluding carboxylic acids is 1. The Morgan fingerprint density at radius 3 is 2.49 bits per heavy atom. The van der Waals surface area contributed by atoms with Crippen LogP contribution in [-0.2, 0) is 6.54 Å². The molecule has 0 saturated heterocycles. The highest BCUT2D eigenvalue weighted by molar-refractivity contribution is 7.23. The Morgan fingerprint density at radius 1 is 1.00 bits per heavy atom. The summed E-state index contributed by atoms with van der Waals surface area (Å²) < 4.78 is 19.1. The molecule has 3 N–H and O–H groups in total. The maximum atomic E-state index is 12.5. The zero-order valence-corrected chi connectivity index (χ0v) is 20.7. The van der Waals surface area contributed by atoms with Gasteiger partial charge in [0, 0.05) is 42.1 Å². The van der Waals surface area contributed by atoms with Crippen LogP contribution in [0.5, 0.6) is 23.0 Å². The number of hydrogen-bond acceptors (Lipinski definition) is 7. The maximum Gasteiger partial charge on any atom is 0.354 e. The lowest BCUT2D eigenvalue weighted by molar-refractivity contribution is 0.0690. The van der Waals surface area contributed by atoms with E-state index in [0.29, 0.717) is 33.6 Å². The molecule has 10 nitrogen and oxygen atoms in total. The minimum absolute atomic E-state index is 0.108. The van der Waals surface area contributed by atoms with Gasteiger partial charge in [0.1, 0.15) is 23.0 Å². The van der Waals surface area contributed by atoms with Crippen LogP contribution in [0.25, 0.3) is 15.2 Å². The number of rotatable bonds is 8. The first-order valence-corrected chi connectivity index (χ1v) is 11.9. The summed E-state index contributed by atoms with van der Waals surface area (Å²) in [6, 6.07) is 17.5. The number of para-hydroxylation sites is 1. The van der Waals surface area contributed by atoms with Gasteiger partial charge in [0.15, 0.2) is 10.7 Å². The molecule has 0 bridgehead atoms. The van der Waals surface area contributed by atoms with E-state index >= 15 is 0 Å². The lowest BCUT2D eigenvalue weighted by Crippen LogP contribution is -2.28. The maximum absolute atomic E-state index is 12.5. The van der Waals surface area contributed by atoms with E-state index in [0.717, 1.165) is 15.8 Å². The van der Waals surface area contributed by atoms with Gasteiger partial charge in [-0.3, -0.25) is 4.40 Å². The summed E-state index contributed by atoms with van der Waals surface area (Å²) in [4.78, 5) is 28.8. The topological polar surface area (TPSA) is 123 Å². The van der Waals surface area contributed by atoms with Crippen molar-refractivity contribution in [2.75, 3.05) is 19.5 Å². The zero-order valence-electron chi connectivity index (χ0n) is 19.8.